The van der Waals surface area contributed by atoms with Crippen molar-refractivity contribution in [3.05, 3.63) is 29.0 Å². The summed E-state index contributed by atoms with van der Waals surface area (Å²) in [4.78, 5) is -0.506. The molecule has 0 aliphatic heterocycles. The zero-order valence-corrected chi connectivity index (χ0v) is 10.7. The predicted octanol–water partition coefficient (Wildman–Crippen LogP) is 1.68. The summed E-state index contributed by atoms with van der Waals surface area (Å²) >= 11 is 5.36. The zero-order chi connectivity index (χ0) is 14.8. The van der Waals surface area contributed by atoms with Gasteiger partial charge >= 0.3 is 6.18 Å². The molecule has 0 aliphatic rings. The Labute approximate surface area is 111 Å². The van der Waals surface area contributed by atoms with Gasteiger partial charge in [0.15, 0.2) is 6.10 Å². The Balaban J connectivity index is 2.85. The van der Waals surface area contributed by atoms with Crippen molar-refractivity contribution in [3.8, 4) is 0 Å². The van der Waals surface area contributed by atoms with Gasteiger partial charge in [0, 0.05) is 6.54 Å². The molecule has 0 saturated carbocycles. The first-order valence-corrected chi connectivity index (χ1v) is 6.59. The van der Waals surface area contributed by atoms with E-state index in [2.05, 4.69) is 0 Å². The minimum Gasteiger partial charge on any atom is -0.382 e. The van der Waals surface area contributed by atoms with Gasteiger partial charge in [-0.3, -0.25) is 0 Å². The number of halogens is 5. The molecule has 10 heteroatoms. The van der Waals surface area contributed by atoms with E-state index in [0.29, 0.717) is 0 Å². The molecular formula is C9H8ClF4NO3S. The molecule has 0 radical (unpaired) electrons. The van der Waals surface area contributed by atoms with E-state index in [1.165, 1.54) is 0 Å². The molecule has 0 saturated heterocycles. The van der Waals surface area contributed by atoms with Crippen LogP contribution >= 0.6 is 11.6 Å². The van der Waals surface area contributed by atoms with E-state index >= 15 is 0 Å². The normalized spacial score (nSPS) is 14.4. The van der Waals surface area contributed by atoms with Gasteiger partial charge in [0.2, 0.25) is 10.0 Å². The van der Waals surface area contributed by atoms with Crippen LogP contribution in [-0.4, -0.2) is 32.3 Å². The smallest absolute Gasteiger partial charge is 0.382 e. The SMILES string of the molecule is O=S(=O)(NCC(O)C(F)(F)F)c1ccc(F)c(Cl)c1. The third kappa shape index (κ3) is 4.30. The molecule has 108 valence electrons. The first-order valence-electron chi connectivity index (χ1n) is 4.73. The third-order valence-corrected chi connectivity index (χ3v) is 3.76. The van der Waals surface area contributed by atoms with Crippen LogP contribution in [0.5, 0.6) is 0 Å². The predicted molar refractivity (Wildman–Crippen MR) is 58.7 cm³/mol. The third-order valence-electron chi connectivity index (χ3n) is 2.05. The second kappa shape index (κ2) is 5.61. The quantitative estimate of drug-likeness (QED) is 0.829. The monoisotopic (exact) mass is 321 g/mol. The van der Waals surface area contributed by atoms with Crippen molar-refractivity contribution in [2.75, 3.05) is 6.54 Å². The van der Waals surface area contributed by atoms with Crippen LogP contribution in [0.1, 0.15) is 0 Å². The Bertz CT molecular complexity index is 561. The fraction of sp³-hybridized carbons (Fsp3) is 0.333. The number of alkyl halides is 3. The van der Waals surface area contributed by atoms with Gasteiger partial charge in [-0.15, -0.1) is 0 Å². The highest BCUT2D eigenvalue weighted by Crippen LogP contribution is 2.21. The molecule has 0 bridgehead atoms. The fourth-order valence-electron chi connectivity index (χ4n) is 1.03. The number of nitrogens with one attached hydrogen (secondary N) is 1. The molecule has 0 aromatic heterocycles. The van der Waals surface area contributed by atoms with Crippen LogP contribution in [0.25, 0.3) is 0 Å². The van der Waals surface area contributed by atoms with Crippen molar-refractivity contribution in [3.63, 3.8) is 0 Å². The van der Waals surface area contributed by atoms with Gasteiger partial charge in [0.1, 0.15) is 5.82 Å². The van der Waals surface area contributed by atoms with Crippen LogP contribution in [-0.2, 0) is 10.0 Å². The second-order valence-electron chi connectivity index (χ2n) is 3.49. The standard InChI is InChI=1S/C9H8ClF4NO3S/c10-6-3-5(1-2-7(6)11)19(17,18)15-4-8(16)9(12,13)14/h1-3,8,15-16H,4H2. The number of sulfonamides is 1. The Morgan fingerprint density at radius 3 is 2.42 bits per heavy atom. The van der Waals surface area contributed by atoms with Gasteiger partial charge in [0.05, 0.1) is 9.92 Å². The lowest BCUT2D eigenvalue weighted by molar-refractivity contribution is -0.200. The number of aliphatic hydroxyl groups excluding tert-OH is 1. The number of hydrogen-bond donors (Lipinski definition) is 2. The van der Waals surface area contributed by atoms with Gasteiger partial charge in [-0.1, -0.05) is 11.6 Å². The molecule has 19 heavy (non-hydrogen) atoms. The average Bonchev–Trinajstić information content (AvgIpc) is 2.28. The van der Waals surface area contributed by atoms with Crippen molar-refractivity contribution in [1.82, 2.24) is 4.72 Å². The Kier molecular flexibility index (Phi) is 4.77. The lowest BCUT2D eigenvalue weighted by Gasteiger charge is -2.15. The molecule has 1 aromatic rings. The van der Waals surface area contributed by atoms with Crippen molar-refractivity contribution < 1.29 is 31.1 Å². The second-order valence-corrected chi connectivity index (χ2v) is 5.66. The molecule has 0 aliphatic carbocycles. The zero-order valence-electron chi connectivity index (χ0n) is 9.08. The van der Waals surface area contributed by atoms with Crippen LogP contribution in [0.2, 0.25) is 5.02 Å². The summed E-state index contributed by atoms with van der Waals surface area (Å²) in [5, 5.41) is 8.17. The molecule has 0 spiro atoms. The number of benzene rings is 1. The average molecular weight is 322 g/mol. The summed E-state index contributed by atoms with van der Waals surface area (Å²) in [6.07, 6.45) is -7.78. The Morgan fingerprint density at radius 2 is 1.95 bits per heavy atom. The maximum absolute atomic E-state index is 12.8. The molecule has 1 atom stereocenters. The number of aliphatic hydroxyl groups is 1. The van der Waals surface area contributed by atoms with Gasteiger partial charge in [-0.25, -0.2) is 17.5 Å². The number of rotatable bonds is 4. The molecule has 1 unspecified atom stereocenters. The van der Waals surface area contributed by atoms with Gasteiger partial charge in [-0.2, -0.15) is 13.2 Å². The topological polar surface area (TPSA) is 66.4 Å². The van der Waals surface area contributed by atoms with Crippen LogP contribution in [0, 0.1) is 5.82 Å². The summed E-state index contributed by atoms with van der Waals surface area (Å²) in [7, 11) is -4.32. The summed E-state index contributed by atoms with van der Waals surface area (Å²) in [5.41, 5.74) is 0. The molecule has 0 fully saturated rings. The van der Waals surface area contributed by atoms with Crippen molar-refractivity contribution in [2.45, 2.75) is 17.2 Å². The van der Waals surface area contributed by atoms with Crippen molar-refractivity contribution in [1.29, 1.82) is 0 Å². The summed E-state index contributed by atoms with van der Waals surface area (Å²) in [6.45, 7) is -1.25. The lowest BCUT2D eigenvalue weighted by Crippen LogP contribution is -2.40. The van der Waals surface area contributed by atoms with E-state index in [0.717, 1.165) is 18.2 Å². The first kappa shape index (κ1) is 16.2. The minimum absolute atomic E-state index is 0.487. The van der Waals surface area contributed by atoms with Gasteiger partial charge in [-0.05, 0) is 18.2 Å². The van der Waals surface area contributed by atoms with E-state index in [4.69, 9.17) is 16.7 Å². The maximum Gasteiger partial charge on any atom is 0.415 e. The van der Waals surface area contributed by atoms with Crippen LogP contribution in [0.4, 0.5) is 17.6 Å². The summed E-state index contributed by atoms with van der Waals surface area (Å²) < 4.78 is 73.4. The van der Waals surface area contributed by atoms with E-state index < -0.39 is 44.6 Å². The van der Waals surface area contributed by atoms with Gasteiger partial charge in [0.25, 0.3) is 0 Å². The maximum atomic E-state index is 12.8. The molecule has 1 rings (SSSR count). The van der Waals surface area contributed by atoms with Gasteiger partial charge < -0.3 is 5.11 Å². The summed E-state index contributed by atoms with van der Waals surface area (Å²) in [5.74, 6) is -0.865. The van der Waals surface area contributed by atoms with E-state index in [1.54, 1.807) is 4.72 Å². The minimum atomic E-state index is -4.94. The van der Waals surface area contributed by atoms with E-state index in [-0.39, 0.29) is 0 Å². The number of hydrogen-bond acceptors (Lipinski definition) is 3. The highest BCUT2D eigenvalue weighted by Gasteiger charge is 2.38. The molecule has 0 heterocycles. The highest BCUT2D eigenvalue weighted by molar-refractivity contribution is 7.89. The molecular weight excluding hydrogens is 314 g/mol. The van der Waals surface area contributed by atoms with E-state index in [1.807, 2.05) is 0 Å². The highest BCUT2D eigenvalue weighted by atomic mass is 35.5. The summed E-state index contributed by atoms with van der Waals surface area (Å²) in [6, 6.07) is 2.35. The van der Waals surface area contributed by atoms with Crippen molar-refractivity contribution >= 4 is 21.6 Å². The van der Waals surface area contributed by atoms with E-state index in [9.17, 15) is 26.0 Å². The van der Waals surface area contributed by atoms with Crippen molar-refractivity contribution in [2.24, 2.45) is 0 Å². The lowest BCUT2D eigenvalue weighted by atomic mass is 10.3. The molecule has 1 aromatic carbocycles. The molecule has 0 amide bonds. The Hall–Kier alpha value is -0.900. The van der Waals surface area contributed by atoms with Crippen LogP contribution < -0.4 is 4.72 Å². The first-order chi connectivity index (χ1) is 8.54. The van der Waals surface area contributed by atoms with Crippen LogP contribution in [0.15, 0.2) is 23.1 Å². The molecule has 2 N–H and O–H groups in total. The molecule has 4 nitrogen and oxygen atoms in total. The largest absolute Gasteiger partial charge is 0.415 e. The van der Waals surface area contributed by atoms with Crippen LogP contribution in [0.3, 0.4) is 0 Å². The fourth-order valence-corrected chi connectivity index (χ4v) is 2.34. The Morgan fingerprint density at radius 1 is 1.37 bits per heavy atom.